The summed E-state index contributed by atoms with van der Waals surface area (Å²) in [7, 11) is 0. The van der Waals surface area contributed by atoms with Crippen LogP contribution in [0, 0.1) is 5.92 Å². The summed E-state index contributed by atoms with van der Waals surface area (Å²) < 4.78 is 0. The highest BCUT2D eigenvalue weighted by atomic mass is 17.2. The van der Waals surface area contributed by atoms with Gasteiger partial charge in [0, 0.05) is 6.42 Å². The van der Waals surface area contributed by atoms with Gasteiger partial charge in [-0.2, -0.15) is 0 Å². The third-order valence-corrected chi connectivity index (χ3v) is 1.42. The van der Waals surface area contributed by atoms with Crippen molar-refractivity contribution in [1.29, 1.82) is 0 Å². The highest BCUT2D eigenvalue weighted by Crippen LogP contribution is 2.30. The normalized spacial score (nSPS) is 15.7. The topological polar surface area (TPSA) is 52.6 Å². The third kappa shape index (κ3) is 2.57. The molecule has 0 atom stereocenters. The van der Waals surface area contributed by atoms with Crippen molar-refractivity contribution in [2.45, 2.75) is 26.2 Å². The quantitative estimate of drug-likeness (QED) is 0.440. The van der Waals surface area contributed by atoms with Crippen LogP contribution in [0.2, 0.25) is 0 Å². The molecule has 0 unspecified atom stereocenters. The number of carbonyl (C=O) groups excluding carboxylic acids is 2. The summed E-state index contributed by atoms with van der Waals surface area (Å²) in [6.45, 7) is 1.63. The summed E-state index contributed by atoms with van der Waals surface area (Å²) in [5, 5.41) is 0. The molecule has 1 saturated carbocycles. The molecule has 1 fully saturated rings. The Hall–Kier alpha value is -1.06. The Balaban J connectivity index is 2.10. The van der Waals surface area contributed by atoms with Crippen LogP contribution in [0.4, 0.5) is 0 Å². The molecule has 4 nitrogen and oxygen atoms in total. The number of hydrogen-bond donors (Lipinski definition) is 0. The molecule has 0 saturated heterocycles. The van der Waals surface area contributed by atoms with Gasteiger partial charge in [0.15, 0.2) is 0 Å². The number of rotatable bonds is 2. The Morgan fingerprint density at radius 2 is 2.00 bits per heavy atom. The molecule has 0 heterocycles. The Morgan fingerprint density at radius 1 is 1.36 bits per heavy atom. The Kier molecular flexibility index (Phi) is 2.46. The molecule has 0 radical (unpaired) electrons. The SMILES string of the molecule is CCC(=O)OOC(=O)C1CC1. The maximum absolute atomic E-state index is 10.7. The van der Waals surface area contributed by atoms with Crippen molar-refractivity contribution in [2.24, 2.45) is 5.92 Å². The van der Waals surface area contributed by atoms with Gasteiger partial charge in [-0.25, -0.2) is 19.4 Å². The van der Waals surface area contributed by atoms with E-state index in [1.165, 1.54) is 0 Å². The fraction of sp³-hybridized carbons (Fsp3) is 0.714. The van der Waals surface area contributed by atoms with E-state index in [-0.39, 0.29) is 12.3 Å². The van der Waals surface area contributed by atoms with Crippen LogP contribution in [0.1, 0.15) is 26.2 Å². The smallest absolute Gasteiger partial charge is 0.247 e. The second kappa shape index (κ2) is 3.37. The molecule has 1 rings (SSSR count). The molecular weight excluding hydrogens is 148 g/mol. The minimum atomic E-state index is -0.515. The summed E-state index contributed by atoms with van der Waals surface area (Å²) in [5.41, 5.74) is 0. The van der Waals surface area contributed by atoms with Crippen molar-refractivity contribution in [2.75, 3.05) is 0 Å². The van der Waals surface area contributed by atoms with Crippen molar-refractivity contribution < 1.29 is 19.4 Å². The van der Waals surface area contributed by atoms with E-state index in [2.05, 4.69) is 9.78 Å². The Bertz CT molecular complexity index is 171. The molecule has 0 aromatic carbocycles. The van der Waals surface area contributed by atoms with Gasteiger partial charge in [0.1, 0.15) is 0 Å². The first kappa shape index (κ1) is 8.04. The van der Waals surface area contributed by atoms with E-state index in [4.69, 9.17) is 0 Å². The summed E-state index contributed by atoms with van der Waals surface area (Å²) in [5.74, 6) is -0.967. The highest BCUT2D eigenvalue weighted by Gasteiger charge is 2.32. The monoisotopic (exact) mass is 158 g/mol. The Labute approximate surface area is 64.4 Å². The molecule has 0 aliphatic heterocycles. The zero-order chi connectivity index (χ0) is 8.27. The van der Waals surface area contributed by atoms with Crippen molar-refractivity contribution in [3.8, 4) is 0 Å². The molecule has 0 bridgehead atoms. The molecular formula is C7H10O4. The van der Waals surface area contributed by atoms with E-state index in [0.29, 0.717) is 0 Å². The van der Waals surface area contributed by atoms with Crippen LogP contribution in [-0.2, 0) is 19.4 Å². The van der Waals surface area contributed by atoms with E-state index in [1.54, 1.807) is 6.92 Å². The van der Waals surface area contributed by atoms with Gasteiger partial charge in [-0.05, 0) is 12.8 Å². The lowest BCUT2D eigenvalue weighted by Crippen LogP contribution is -2.11. The van der Waals surface area contributed by atoms with Crippen LogP contribution in [-0.4, -0.2) is 11.9 Å². The van der Waals surface area contributed by atoms with Gasteiger partial charge in [0.2, 0.25) is 0 Å². The van der Waals surface area contributed by atoms with Crippen molar-refractivity contribution in [1.82, 2.24) is 0 Å². The van der Waals surface area contributed by atoms with Crippen LogP contribution in [0.15, 0.2) is 0 Å². The maximum Gasteiger partial charge on any atom is 0.358 e. The minimum absolute atomic E-state index is 0.0281. The van der Waals surface area contributed by atoms with E-state index in [9.17, 15) is 9.59 Å². The van der Waals surface area contributed by atoms with Crippen molar-refractivity contribution >= 4 is 11.9 Å². The first-order valence-corrected chi connectivity index (χ1v) is 3.65. The van der Waals surface area contributed by atoms with Crippen molar-refractivity contribution in [3.63, 3.8) is 0 Å². The predicted octanol–water partition coefficient (Wildman–Crippen LogP) is 0.808. The van der Waals surface area contributed by atoms with E-state index in [1.807, 2.05) is 0 Å². The lowest BCUT2D eigenvalue weighted by atomic mass is 10.4. The fourth-order valence-electron chi connectivity index (χ4n) is 0.534. The second-order valence-corrected chi connectivity index (χ2v) is 2.49. The molecule has 0 N–H and O–H groups in total. The molecule has 4 heteroatoms. The molecule has 1 aliphatic carbocycles. The number of hydrogen-bond acceptors (Lipinski definition) is 4. The highest BCUT2D eigenvalue weighted by molar-refractivity contribution is 5.76. The first-order valence-electron chi connectivity index (χ1n) is 3.65. The van der Waals surface area contributed by atoms with Crippen LogP contribution in [0.3, 0.4) is 0 Å². The zero-order valence-electron chi connectivity index (χ0n) is 6.33. The van der Waals surface area contributed by atoms with Gasteiger partial charge in [-0.1, -0.05) is 6.92 Å². The van der Waals surface area contributed by atoms with Gasteiger partial charge in [0.05, 0.1) is 5.92 Å². The zero-order valence-corrected chi connectivity index (χ0v) is 6.33. The predicted molar refractivity (Wildman–Crippen MR) is 35.2 cm³/mol. The van der Waals surface area contributed by atoms with E-state index >= 15 is 0 Å². The second-order valence-electron chi connectivity index (χ2n) is 2.49. The maximum atomic E-state index is 10.7. The van der Waals surface area contributed by atoms with Crippen molar-refractivity contribution in [3.05, 3.63) is 0 Å². The van der Waals surface area contributed by atoms with Gasteiger partial charge < -0.3 is 0 Å². The van der Waals surface area contributed by atoms with Gasteiger partial charge in [-0.3, -0.25) is 0 Å². The molecule has 11 heavy (non-hydrogen) atoms. The summed E-state index contributed by atoms with van der Waals surface area (Å²) in [6.07, 6.45) is 1.92. The van der Waals surface area contributed by atoms with Gasteiger partial charge in [-0.15, -0.1) is 0 Å². The van der Waals surface area contributed by atoms with E-state index < -0.39 is 11.9 Å². The minimum Gasteiger partial charge on any atom is -0.247 e. The molecule has 0 amide bonds. The van der Waals surface area contributed by atoms with Crippen LogP contribution < -0.4 is 0 Å². The van der Waals surface area contributed by atoms with Crippen LogP contribution in [0.25, 0.3) is 0 Å². The average Bonchev–Trinajstić information content (AvgIpc) is 2.81. The summed E-state index contributed by atoms with van der Waals surface area (Å²) >= 11 is 0. The lowest BCUT2D eigenvalue weighted by molar-refractivity contribution is -0.259. The van der Waals surface area contributed by atoms with Crippen LogP contribution >= 0.6 is 0 Å². The molecule has 0 aromatic rings. The summed E-state index contributed by atoms with van der Waals surface area (Å²) in [4.78, 5) is 29.6. The standard InChI is InChI=1S/C7H10O4/c1-2-6(8)10-11-7(9)5-3-4-5/h5H,2-4H2,1H3. The number of carbonyl (C=O) groups is 2. The van der Waals surface area contributed by atoms with E-state index in [0.717, 1.165) is 12.8 Å². The molecule has 62 valence electrons. The average molecular weight is 158 g/mol. The molecule has 1 aliphatic rings. The summed E-state index contributed by atoms with van der Waals surface area (Å²) in [6, 6.07) is 0. The first-order chi connectivity index (χ1) is 5.24. The lowest BCUT2D eigenvalue weighted by Gasteiger charge is -1.98. The third-order valence-electron chi connectivity index (χ3n) is 1.42. The fourth-order valence-corrected chi connectivity index (χ4v) is 0.534. The van der Waals surface area contributed by atoms with Gasteiger partial charge in [0.25, 0.3) is 0 Å². The molecule has 0 spiro atoms. The largest absolute Gasteiger partial charge is 0.358 e. The molecule has 0 aromatic heterocycles. The Morgan fingerprint density at radius 3 is 2.45 bits per heavy atom. The van der Waals surface area contributed by atoms with Gasteiger partial charge >= 0.3 is 11.9 Å². The van der Waals surface area contributed by atoms with Crippen LogP contribution in [0.5, 0.6) is 0 Å².